The third-order valence-electron chi connectivity index (χ3n) is 5.04. The molecule has 1 aliphatic rings. The summed E-state index contributed by atoms with van der Waals surface area (Å²) in [6, 6.07) is 18.6. The lowest BCUT2D eigenvalue weighted by molar-refractivity contribution is -0.117. The lowest BCUT2D eigenvalue weighted by atomic mass is 10.2. The highest BCUT2D eigenvalue weighted by Crippen LogP contribution is 2.23. The van der Waals surface area contributed by atoms with Crippen LogP contribution in [0.15, 0.2) is 71.7 Å². The summed E-state index contributed by atoms with van der Waals surface area (Å²) in [7, 11) is 0. The van der Waals surface area contributed by atoms with Crippen molar-refractivity contribution in [3.63, 3.8) is 0 Å². The molecular formula is C22H22ClN5O2. The second-order valence-electron chi connectivity index (χ2n) is 7.07. The number of hydrogen-bond donors (Lipinski definition) is 1. The molecule has 0 atom stereocenters. The summed E-state index contributed by atoms with van der Waals surface area (Å²) in [6.45, 7) is 3.04. The Bertz CT molecular complexity index is 1060. The molecule has 1 fully saturated rings. The smallest absolute Gasteiger partial charge is 0.292 e. The van der Waals surface area contributed by atoms with Crippen LogP contribution < -0.4 is 15.8 Å². The maximum atomic E-state index is 12.7. The highest BCUT2D eigenvalue weighted by molar-refractivity contribution is 6.33. The van der Waals surface area contributed by atoms with Gasteiger partial charge in [0, 0.05) is 31.9 Å². The average Bonchev–Trinajstić information content (AvgIpc) is 2.77. The number of benzene rings is 2. The van der Waals surface area contributed by atoms with Crippen LogP contribution in [-0.2, 0) is 4.79 Å². The molecule has 2 heterocycles. The number of hydrogen-bond acceptors (Lipinski definition) is 5. The maximum absolute atomic E-state index is 12.7. The van der Waals surface area contributed by atoms with E-state index in [-0.39, 0.29) is 16.5 Å². The molecule has 3 aromatic rings. The lowest BCUT2D eigenvalue weighted by Gasteiger charge is -2.35. The van der Waals surface area contributed by atoms with E-state index in [2.05, 4.69) is 15.3 Å². The first-order chi connectivity index (χ1) is 14.6. The topological polar surface area (TPSA) is 70.5 Å². The Labute approximate surface area is 179 Å². The van der Waals surface area contributed by atoms with Crippen molar-refractivity contribution < 1.29 is 4.79 Å². The molecule has 1 amide bonds. The zero-order chi connectivity index (χ0) is 20.9. The number of nitrogens with zero attached hydrogens (tertiary/aromatic N) is 4. The molecule has 0 bridgehead atoms. The summed E-state index contributed by atoms with van der Waals surface area (Å²) < 4.78 is 1.30. The van der Waals surface area contributed by atoms with Gasteiger partial charge in [-0.1, -0.05) is 48.0 Å². The van der Waals surface area contributed by atoms with Gasteiger partial charge in [-0.05, 0) is 24.3 Å². The summed E-state index contributed by atoms with van der Waals surface area (Å²) in [5.41, 5.74) is 1.75. The lowest BCUT2D eigenvalue weighted by Crippen LogP contribution is -2.49. The number of aromatic nitrogens is 2. The van der Waals surface area contributed by atoms with Gasteiger partial charge >= 0.3 is 0 Å². The van der Waals surface area contributed by atoms with Crippen LogP contribution in [0.4, 0.5) is 11.4 Å². The van der Waals surface area contributed by atoms with Gasteiger partial charge in [0.15, 0.2) is 0 Å². The van der Waals surface area contributed by atoms with Gasteiger partial charge in [0.2, 0.25) is 5.91 Å². The largest absolute Gasteiger partial charge is 0.366 e. The number of nitrogens with one attached hydrogen (secondary N) is 1. The minimum atomic E-state index is -0.343. The van der Waals surface area contributed by atoms with Gasteiger partial charge in [0.05, 0.1) is 24.1 Å². The standard InChI is InChI=1S/C22H22ClN5O2/c23-21-19(15-24-28(22(21)30)18-9-5-2-6-10-18)27-13-11-26(12-14-27)16-20(29)25-17-7-3-1-4-8-17/h1-10,15H,11-14,16H2,(H,25,29). The van der Waals surface area contributed by atoms with Crippen LogP contribution in [0.2, 0.25) is 5.02 Å². The minimum Gasteiger partial charge on any atom is -0.366 e. The van der Waals surface area contributed by atoms with Gasteiger partial charge in [0.1, 0.15) is 5.02 Å². The van der Waals surface area contributed by atoms with E-state index < -0.39 is 0 Å². The monoisotopic (exact) mass is 423 g/mol. The number of piperazine rings is 1. The van der Waals surface area contributed by atoms with Gasteiger partial charge in [-0.15, -0.1) is 0 Å². The van der Waals surface area contributed by atoms with E-state index in [0.717, 1.165) is 5.69 Å². The SMILES string of the molecule is O=C(CN1CCN(c2cnn(-c3ccccc3)c(=O)c2Cl)CC1)Nc1ccccc1. The first kappa shape index (κ1) is 20.1. The zero-order valence-corrected chi connectivity index (χ0v) is 17.1. The number of carbonyl (C=O) groups excluding carboxylic acids is 1. The fourth-order valence-corrected chi connectivity index (χ4v) is 3.72. The summed E-state index contributed by atoms with van der Waals surface area (Å²) in [5.74, 6) is -0.0418. The summed E-state index contributed by atoms with van der Waals surface area (Å²) in [5, 5.41) is 7.36. The van der Waals surface area contributed by atoms with Crippen molar-refractivity contribution in [3.05, 3.63) is 82.2 Å². The minimum absolute atomic E-state index is 0.0418. The van der Waals surface area contributed by atoms with Crippen molar-refractivity contribution in [1.82, 2.24) is 14.7 Å². The normalized spacial score (nSPS) is 14.5. The Balaban J connectivity index is 1.38. The molecule has 0 radical (unpaired) electrons. The Kier molecular flexibility index (Phi) is 6.11. The van der Waals surface area contributed by atoms with E-state index in [0.29, 0.717) is 44.1 Å². The first-order valence-corrected chi connectivity index (χ1v) is 10.1. The van der Waals surface area contributed by atoms with Crippen molar-refractivity contribution in [1.29, 1.82) is 0 Å². The molecule has 0 saturated carbocycles. The molecule has 0 unspecified atom stereocenters. The Hall–Kier alpha value is -3.16. The van der Waals surface area contributed by atoms with Gasteiger partial charge in [-0.3, -0.25) is 14.5 Å². The van der Waals surface area contributed by atoms with Crippen molar-refractivity contribution in [2.75, 3.05) is 42.9 Å². The average molecular weight is 424 g/mol. The van der Waals surface area contributed by atoms with Crippen LogP contribution in [0.1, 0.15) is 0 Å². The molecule has 154 valence electrons. The van der Waals surface area contributed by atoms with Crippen LogP contribution in [0.25, 0.3) is 5.69 Å². The second kappa shape index (κ2) is 9.11. The fourth-order valence-electron chi connectivity index (χ4n) is 3.47. The maximum Gasteiger partial charge on any atom is 0.292 e. The molecular weight excluding hydrogens is 402 g/mol. The zero-order valence-electron chi connectivity index (χ0n) is 16.4. The first-order valence-electron chi connectivity index (χ1n) is 9.77. The van der Waals surface area contributed by atoms with Crippen LogP contribution in [0, 0.1) is 0 Å². The summed E-state index contributed by atoms with van der Waals surface area (Å²) >= 11 is 6.40. The number of anilines is 2. The van der Waals surface area contributed by atoms with E-state index in [4.69, 9.17) is 11.6 Å². The van der Waals surface area contributed by atoms with Crippen LogP contribution in [0.5, 0.6) is 0 Å². The van der Waals surface area contributed by atoms with Gasteiger partial charge in [-0.2, -0.15) is 9.78 Å². The molecule has 0 spiro atoms. The number of carbonyl (C=O) groups is 1. The van der Waals surface area contributed by atoms with Crippen LogP contribution in [0.3, 0.4) is 0 Å². The van der Waals surface area contributed by atoms with Crippen molar-refractivity contribution in [3.8, 4) is 5.69 Å². The number of para-hydroxylation sites is 2. The van der Waals surface area contributed by atoms with E-state index in [1.165, 1.54) is 4.68 Å². The van der Waals surface area contributed by atoms with E-state index >= 15 is 0 Å². The number of rotatable bonds is 5. The third kappa shape index (κ3) is 4.53. The predicted octanol–water partition coefficient (Wildman–Crippen LogP) is 2.65. The highest BCUT2D eigenvalue weighted by atomic mass is 35.5. The fraction of sp³-hybridized carbons (Fsp3) is 0.227. The summed E-state index contributed by atoms with van der Waals surface area (Å²) in [4.78, 5) is 29.1. The van der Waals surface area contributed by atoms with Crippen molar-refractivity contribution >= 4 is 28.9 Å². The number of amides is 1. The van der Waals surface area contributed by atoms with Crippen molar-refractivity contribution in [2.24, 2.45) is 0 Å². The van der Waals surface area contributed by atoms with Gasteiger partial charge in [0.25, 0.3) is 5.56 Å². The second-order valence-corrected chi connectivity index (χ2v) is 7.45. The molecule has 30 heavy (non-hydrogen) atoms. The van der Waals surface area contributed by atoms with Crippen LogP contribution >= 0.6 is 11.6 Å². The molecule has 1 saturated heterocycles. The molecule has 1 aromatic heterocycles. The van der Waals surface area contributed by atoms with E-state index in [9.17, 15) is 9.59 Å². The molecule has 7 nitrogen and oxygen atoms in total. The van der Waals surface area contributed by atoms with Gasteiger partial charge < -0.3 is 10.2 Å². The Morgan fingerprint density at radius 2 is 1.60 bits per heavy atom. The molecule has 8 heteroatoms. The van der Waals surface area contributed by atoms with E-state index in [1.807, 2.05) is 65.6 Å². The Morgan fingerprint density at radius 1 is 0.967 bits per heavy atom. The van der Waals surface area contributed by atoms with E-state index in [1.54, 1.807) is 6.20 Å². The number of halogens is 1. The van der Waals surface area contributed by atoms with Crippen LogP contribution in [-0.4, -0.2) is 53.3 Å². The molecule has 4 rings (SSSR count). The van der Waals surface area contributed by atoms with Crippen molar-refractivity contribution in [2.45, 2.75) is 0 Å². The molecule has 0 aliphatic carbocycles. The summed E-state index contributed by atoms with van der Waals surface area (Å²) in [6.07, 6.45) is 1.63. The third-order valence-corrected chi connectivity index (χ3v) is 5.39. The quantitative estimate of drug-likeness (QED) is 0.683. The predicted molar refractivity (Wildman–Crippen MR) is 119 cm³/mol. The highest BCUT2D eigenvalue weighted by Gasteiger charge is 2.22. The molecule has 1 N–H and O–H groups in total. The van der Waals surface area contributed by atoms with Gasteiger partial charge in [-0.25, -0.2) is 0 Å². The molecule has 2 aromatic carbocycles. The Morgan fingerprint density at radius 3 is 2.27 bits per heavy atom. The molecule has 1 aliphatic heterocycles.